The molecule has 4 aromatic rings. The van der Waals surface area contributed by atoms with Gasteiger partial charge in [0.05, 0.1) is 5.92 Å². The van der Waals surface area contributed by atoms with Crippen molar-refractivity contribution in [1.82, 2.24) is 0 Å². The Labute approximate surface area is 213 Å². The molecule has 180 valence electrons. The van der Waals surface area contributed by atoms with Gasteiger partial charge in [0.1, 0.15) is 28.7 Å². The second-order valence-corrected chi connectivity index (χ2v) is 9.47. The van der Waals surface area contributed by atoms with E-state index in [0.29, 0.717) is 33.4 Å². The number of fused-ring (bicyclic) bond motifs is 2. The highest BCUT2D eigenvalue weighted by atomic mass is 35.5. The van der Waals surface area contributed by atoms with Gasteiger partial charge in [0.15, 0.2) is 0 Å². The molecule has 1 atom stereocenters. The molecule has 0 fully saturated rings. The largest absolute Gasteiger partial charge is 0.449 e. The summed E-state index contributed by atoms with van der Waals surface area (Å²) in [6, 6.07) is 20.5. The summed E-state index contributed by atoms with van der Waals surface area (Å²) in [4.78, 5) is 12.9. The zero-order valence-corrected chi connectivity index (χ0v) is 20.7. The fourth-order valence-corrected chi connectivity index (χ4v) is 4.63. The first-order valence-corrected chi connectivity index (χ1v) is 11.9. The summed E-state index contributed by atoms with van der Waals surface area (Å²) in [5, 5.41) is 11.1. The van der Waals surface area contributed by atoms with Crippen molar-refractivity contribution in [3.05, 3.63) is 105 Å². The van der Waals surface area contributed by atoms with Gasteiger partial charge in [-0.15, -0.1) is 0 Å². The first-order valence-electron chi connectivity index (χ1n) is 11.5. The monoisotopic (exact) mass is 498 g/mol. The number of benzene rings is 3. The van der Waals surface area contributed by atoms with E-state index in [1.165, 1.54) is 5.56 Å². The maximum atomic E-state index is 12.9. The van der Waals surface area contributed by atoms with Gasteiger partial charge in [0.2, 0.25) is 11.6 Å². The van der Waals surface area contributed by atoms with Crippen molar-refractivity contribution in [1.29, 1.82) is 5.26 Å². The highest BCUT2D eigenvalue weighted by Gasteiger charge is 2.31. The summed E-state index contributed by atoms with van der Waals surface area (Å²) in [6.45, 7) is 6.03. The second-order valence-electron chi connectivity index (χ2n) is 9.03. The first kappa shape index (κ1) is 23.5. The van der Waals surface area contributed by atoms with Crippen molar-refractivity contribution in [2.45, 2.75) is 32.6 Å². The second kappa shape index (κ2) is 9.10. The maximum Gasteiger partial charge on any atom is 0.379 e. The fraction of sp³-hybridized carbons (Fsp3) is 0.172. The molecule has 0 saturated carbocycles. The van der Waals surface area contributed by atoms with E-state index in [2.05, 4.69) is 32.0 Å². The molecular weight excluding hydrogens is 476 g/mol. The van der Waals surface area contributed by atoms with Crippen molar-refractivity contribution >= 4 is 28.5 Å². The molecule has 6 nitrogen and oxygen atoms in total. The van der Waals surface area contributed by atoms with Crippen molar-refractivity contribution in [3.63, 3.8) is 0 Å². The van der Waals surface area contributed by atoms with Gasteiger partial charge < -0.3 is 19.6 Å². The topological polar surface area (TPSA) is 98.5 Å². The van der Waals surface area contributed by atoms with E-state index in [9.17, 15) is 10.1 Å². The standard InChI is InChI=1S/C29H23ClN2O4/c1-15(2)17-4-6-18(7-5-17)26-21-10-9-20(13-25(21)36-28(32)23(26)14-31)34-29(33)27-16(3)22-12-19(30)8-11-24(22)35-27/h4-13,15,26H,32H2,1-3H3. The minimum atomic E-state index is -0.641. The molecule has 1 aliphatic heterocycles. The minimum Gasteiger partial charge on any atom is -0.449 e. The number of hydrogen-bond donors (Lipinski definition) is 1. The lowest BCUT2D eigenvalue weighted by atomic mass is 9.83. The van der Waals surface area contributed by atoms with Crippen LogP contribution in [0.2, 0.25) is 5.02 Å². The Hall–Kier alpha value is -4.21. The third-order valence-corrected chi connectivity index (χ3v) is 6.66. The van der Waals surface area contributed by atoms with E-state index in [-0.39, 0.29) is 17.4 Å². The van der Waals surface area contributed by atoms with Gasteiger partial charge in [0, 0.05) is 27.6 Å². The van der Waals surface area contributed by atoms with Gasteiger partial charge in [-0.3, -0.25) is 0 Å². The average molecular weight is 499 g/mol. The molecule has 0 radical (unpaired) electrons. The molecule has 1 unspecified atom stereocenters. The number of carbonyl (C=O) groups is 1. The van der Waals surface area contributed by atoms with Crippen LogP contribution < -0.4 is 15.2 Å². The Kier molecular flexibility index (Phi) is 5.95. The Balaban J connectivity index is 1.48. The molecule has 3 aromatic carbocycles. The van der Waals surface area contributed by atoms with Crippen LogP contribution in [0.5, 0.6) is 11.5 Å². The number of allylic oxidation sites excluding steroid dienone is 1. The average Bonchev–Trinajstić information content (AvgIpc) is 3.19. The van der Waals surface area contributed by atoms with Crippen LogP contribution in [-0.4, -0.2) is 5.97 Å². The first-order chi connectivity index (χ1) is 17.3. The number of nitrogens with zero attached hydrogens (tertiary/aromatic N) is 1. The molecular formula is C29H23ClN2O4. The van der Waals surface area contributed by atoms with Gasteiger partial charge in [0.25, 0.3) is 0 Å². The quantitative estimate of drug-likeness (QED) is 0.241. The predicted molar refractivity (Wildman–Crippen MR) is 137 cm³/mol. The van der Waals surface area contributed by atoms with Crippen molar-refractivity contribution in [2.24, 2.45) is 5.73 Å². The lowest BCUT2D eigenvalue weighted by molar-refractivity contribution is 0.0702. The van der Waals surface area contributed by atoms with Crippen LogP contribution in [0.25, 0.3) is 11.0 Å². The Morgan fingerprint density at radius 1 is 1.11 bits per heavy atom. The van der Waals surface area contributed by atoms with E-state index in [4.69, 9.17) is 31.2 Å². The molecule has 1 aromatic heterocycles. The summed E-state index contributed by atoms with van der Waals surface area (Å²) in [5.74, 6) is 0.157. The summed E-state index contributed by atoms with van der Waals surface area (Å²) >= 11 is 6.08. The predicted octanol–water partition coefficient (Wildman–Crippen LogP) is 6.96. The van der Waals surface area contributed by atoms with Gasteiger partial charge >= 0.3 is 5.97 Å². The van der Waals surface area contributed by atoms with Crippen LogP contribution in [-0.2, 0) is 0 Å². The number of nitrogens with two attached hydrogens (primary N) is 1. The number of nitriles is 1. The maximum absolute atomic E-state index is 12.9. The van der Waals surface area contributed by atoms with Crippen LogP contribution in [0.1, 0.15) is 58.5 Å². The number of esters is 1. The smallest absolute Gasteiger partial charge is 0.379 e. The van der Waals surface area contributed by atoms with E-state index in [1.807, 2.05) is 12.1 Å². The summed E-state index contributed by atoms with van der Waals surface area (Å²) in [7, 11) is 0. The Morgan fingerprint density at radius 2 is 1.86 bits per heavy atom. The number of carbonyl (C=O) groups excluding carboxylic acids is 1. The molecule has 2 heterocycles. The van der Waals surface area contributed by atoms with Gasteiger partial charge in [-0.2, -0.15) is 5.26 Å². The molecule has 2 N–H and O–H groups in total. The number of aryl methyl sites for hydroxylation is 1. The van der Waals surface area contributed by atoms with Crippen LogP contribution in [0.15, 0.2) is 76.5 Å². The van der Waals surface area contributed by atoms with Crippen LogP contribution >= 0.6 is 11.6 Å². The molecule has 0 bridgehead atoms. The molecule has 7 heteroatoms. The van der Waals surface area contributed by atoms with Crippen molar-refractivity contribution < 1.29 is 18.7 Å². The van der Waals surface area contributed by atoms with Crippen molar-refractivity contribution in [2.75, 3.05) is 0 Å². The van der Waals surface area contributed by atoms with Gasteiger partial charge in [-0.05, 0) is 48.2 Å². The molecule has 1 aliphatic rings. The highest BCUT2D eigenvalue weighted by molar-refractivity contribution is 6.31. The van der Waals surface area contributed by atoms with Crippen LogP contribution in [0.3, 0.4) is 0 Å². The highest BCUT2D eigenvalue weighted by Crippen LogP contribution is 2.43. The molecule has 36 heavy (non-hydrogen) atoms. The van der Waals surface area contributed by atoms with Crippen LogP contribution in [0.4, 0.5) is 0 Å². The zero-order chi connectivity index (χ0) is 25.6. The zero-order valence-electron chi connectivity index (χ0n) is 20.0. The summed E-state index contributed by atoms with van der Waals surface area (Å²) in [6.07, 6.45) is 0. The molecule has 0 amide bonds. The molecule has 5 rings (SSSR count). The number of ether oxygens (including phenoxy) is 2. The van der Waals surface area contributed by atoms with Crippen LogP contribution in [0, 0.1) is 18.3 Å². The van der Waals surface area contributed by atoms with Gasteiger partial charge in [-0.25, -0.2) is 4.79 Å². The van der Waals surface area contributed by atoms with E-state index in [0.717, 1.165) is 16.5 Å². The van der Waals surface area contributed by atoms with E-state index in [1.54, 1.807) is 43.3 Å². The number of halogens is 1. The SMILES string of the molecule is Cc1c(C(=O)Oc2ccc3c(c2)OC(N)=C(C#N)C3c2ccc(C(C)C)cc2)oc2ccc(Cl)cc12. The number of rotatable bonds is 4. The third-order valence-electron chi connectivity index (χ3n) is 6.42. The Morgan fingerprint density at radius 3 is 2.56 bits per heavy atom. The summed E-state index contributed by atoms with van der Waals surface area (Å²) in [5.41, 5.74) is 10.5. The minimum absolute atomic E-state index is 0.0245. The molecule has 0 spiro atoms. The fourth-order valence-electron chi connectivity index (χ4n) is 4.46. The van der Waals surface area contributed by atoms with Gasteiger partial charge in [-0.1, -0.05) is 55.8 Å². The number of hydrogen-bond acceptors (Lipinski definition) is 6. The molecule has 0 saturated heterocycles. The van der Waals surface area contributed by atoms with Crippen molar-refractivity contribution in [3.8, 4) is 17.6 Å². The summed E-state index contributed by atoms with van der Waals surface area (Å²) < 4.78 is 17.1. The third kappa shape index (κ3) is 4.08. The van der Waals surface area contributed by atoms with E-state index < -0.39 is 11.9 Å². The normalized spacial score (nSPS) is 14.9. The Bertz CT molecular complexity index is 1580. The lowest BCUT2D eigenvalue weighted by Crippen LogP contribution is -2.21. The number of furan rings is 1. The molecule has 0 aliphatic carbocycles. The lowest BCUT2D eigenvalue weighted by Gasteiger charge is -2.27. The van der Waals surface area contributed by atoms with E-state index >= 15 is 0 Å².